The zero-order valence-corrected chi connectivity index (χ0v) is 10.5. The van der Waals surface area contributed by atoms with Gasteiger partial charge in [-0.1, -0.05) is 36.8 Å². The average Bonchev–Trinajstić information content (AvgIpc) is 2.78. The van der Waals surface area contributed by atoms with Crippen LogP contribution in [0.3, 0.4) is 0 Å². The van der Waals surface area contributed by atoms with E-state index in [-0.39, 0.29) is 0 Å². The summed E-state index contributed by atoms with van der Waals surface area (Å²) >= 11 is 0. The quantitative estimate of drug-likeness (QED) is 0.868. The molecule has 0 amide bonds. The predicted octanol–water partition coefficient (Wildman–Crippen LogP) is 2.65. The van der Waals surface area contributed by atoms with Gasteiger partial charge in [0.05, 0.1) is 17.8 Å². The maximum atomic E-state index is 10.8. The Kier molecular flexibility index (Phi) is 3.46. The molecule has 0 aliphatic rings. The molecule has 4 nitrogen and oxygen atoms in total. The predicted molar refractivity (Wildman–Crippen MR) is 69.3 cm³/mol. The van der Waals surface area contributed by atoms with Gasteiger partial charge in [-0.25, -0.2) is 4.98 Å². The summed E-state index contributed by atoms with van der Waals surface area (Å²) in [5.41, 5.74) is 3.18. The van der Waals surface area contributed by atoms with Crippen molar-refractivity contribution in [3.05, 3.63) is 41.9 Å². The largest absolute Gasteiger partial charge is 0.481 e. The number of nitrogens with one attached hydrogen (secondary N) is 1. The third-order valence-corrected chi connectivity index (χ3v) is 2.91. The second kappa shape index (κ2) is 5.04. The standard InChI is InChI=1S/C14H16N2O2/c1-9-3-5-11(6-4-9)12-8-15-13(16-12)7-10(2)14(17)18/h3-6,8,10H,7H2,1-2H3,(H,15,16)(H,17,18). The molecule has 0 aliphatic heterocycles. The van der Waals surface area contributed by atoms with Gasteiger partial charge >= 0.3 is 5.97 Å². The highest BCUT2D eigenvalue weighted by atomic mass is 16.4. The molecular weight excluding hydrogens is 228 g/mol. The van der Waals surface area contributed by atoms with Crippen molar-refractivity contribution in [3.63, 3.8) is 0 Å². The lowest BCUT2D eigenvalue weighted by Gasteiger charge is -2.02. The number of hydrogen-bond donors (Lipinski definition) is 2. The van der Waals surface area contributed by atoms with Crippen LogP contribution in [0, 0.1) is 12.8 Å². The van der Waals surface area contributed by atoms with Gasteiger partial charge in [-0.05, 0) is 12.5 Å². The minimum Gasteiger partial charge on any atom is -0.481 e. The number of aromatic amines is 1. The molecule has 1 heterocycles. The Labute approximate surface area is 106 Å². The van der Waals surface area contributed by atoms with Crippen LogP contribution >= 0.6 is 0 Å². The number of imidazole rings is 1. The zero-order chi connectivity index (χ0) is 13.1. The second-order valence-electron chi connectivity index (χ2n) is 4.55. The molecule has 2 N–H and O–H groups in total. The van der Waals surface area contributed by atoms with Crippen molar-refractivity contribution in [2.24, 2.45) is 5.92 Å². The number of carbonyl (C=O) groups is 1. The Bertz CT molecular complexity index is 543. The monoisotopic (exact) mass is 244 g/mol. The summed E-state index contributed by atoms with van der Waals surface area (Å²) < 4.78 is 0. The van der Waals surface area contributed by atoms with E-state index in [2.05, 4.69) is 9.97 Å². The Morgan fingerprint density at radius 2 is 2.06 bits per heavy atom. The summed E-state index contributed by atoms with van der Waals surface area (Å²) in [5.74, 6) is -0.522. The Morgan fingerprint density at radius 1 is 1.39 bits per heavy atom. The van der Waals surface area contributed by atoms with E-state index in [1.54, 1.807) is 13.1 Å². The van der Waals surface area contributed by atoms with Crippen molar-refractivity contribution in [1.29, 1.82) is 0 Å². The third kappa shape index (κ3) is 2.77. The van der Waals surface area contributed by atoms with Crippen LogP contribution in [0.15, 0.2) is 30.5 Å². The topological polar surface area (TPSA) is 66.0 Å². The van der Waals surface area contributed by atoms with Gasteiger partial charge in [0.15, 0.2) is 0 Å². The minimum absolute atomic E-state index is 0.418. The molecule has 1 aromatic heterocycles. The maximum Gasteiger partial charge on any atom is 0.306 e. The van der Waals surface area contributed by atoms with Crippen LogP contribution in [-0.4, -0.2) is 21.0 Å². The molecule has 4 heteroatoms. The first-order chi connectivity index (χ1) is 8.56. The Morgan fingerprint density at radius 3 is 2.67 bits per heavy atom. The van der Waals surface area contributed by atoms with E-state index in [0.717, 1.165) is 11.3 Å². The van der Waals surface area contributed by atoms with Gasteiger partial charge in [-0.2, -0.15) is 0 Å². The van der Waals surface area contributed by atoms with Crippen LogP contribution in [0.25, 0.3) is 11.3 Å². The van der Waals surface area contributed by atoms with E-state index in [1.165, 1.54) is 5.56 Å². The third-order valence-electron chi connectivity index (χ3n) is 2.91. The van der Waals surface area contributed by atoms with Gasteiger partial charge in [-0.3, -0.25) is 4.79 Å². The number of aromatic nitrogens is 2. The highest BCUT2D eigenvalue weighted by molar-refractivity contribution is 5.69. The lowest BCUT2D eigenvalue weighted by Crippen LogP contribution is -2.12. The average molecular weight is 244 g/mol. The van der Waals surface area contributed by atoms with Gasteiger partial charge < -0.3 is 10.1 Å². The molecule has 1 aromatic carbocycles. The van der Waals surface area contributed by atoms with Crippen molar-refractivity contribution < 1.29 is 9.90 Å². The lowest BCUT2D eigenvalue weighted by molar-refractivity contribution is -0.141. The van der Waals surface area contributed by atoms with Gasteiger partial charge in [0.25, 0.3) is 0 Å². The lowest BCUT2D eigenvalue weighted by atomic mass is 10.1. The van der Waals surface area contributed by atoms with Crippen LogP contribution in [-0.2, 0) is 11.2 Å². The summed E-state index contributed by atoms with van der Waals surface area (Å²) in [6, 6.07) is 8.12. The highest BCUT2D eigenvalue weighted by Gasteiger charge is 2.13. The normalized spacial score (nSPS) is 12.3. The van der Waals surface area contributed by atoms with E-state index < -0.39 is 11.9 Å². The number of carboxylic acid groups (broad SMARTS) is 1. The number of hydrogen-bond acceptors (Lipinski definition) is 2. The van der Waals surface area contributed by atoms with E-state index >= 15 is 0 Å². The number of H-pyrrole nitrogens is 1. The van der Waals surface area contributed by atoms with Crippen molar-refractivity contribution in [2.45, 2.75) is 20.3 Å². The molecule has 1 atom stereocenters. The van der Waals surface area contributed by atoms with Crippen LogP contribution in [0.1, 0.15) is 18.3 Å². The van der Waals surface area contributed by atoms with Gasteiger partial charge in [0.2, 0.25) is 0 Å². The summed E-state index contributed by atoms with van der Waals surface area (Å²) in [6.07, 6.45) is 2.16. The summed E-state index contributed by atoms with van der Waals surface area (Å²) in [6.45, 7) is 3.72. The molecule has 2 aromatic rings. The fourth-order valence-corrected chi connectivity index (χ4v) is 1.72. The summed E-state index contributed by atoms with van der Waals surface area (Å²) in [4.78, 5) is 18.2. The van der Waals surface area contributed by atoms with Gasteiger partial charge in [0, 0.05) is 6.42 Å². The van der Waals surface area contributed by atoms with Crippen LogP contribution in [0.2, 0.25) is 0 Å². The number of rotatable bonds is 4. The number of carboxylic acids is 1. The van der Waals surface area contributed by atoms with Crippen LogP contribution < -0.4 is 0 Å². The molecule has 94 valence electrons. The molecule has 2 rings (SSSR count). The van der Waals surface area contributed by atoms with Crippen molar-refractivity contribution in [2.75, 3.05) is 0 Å². The zero-order valence-electron chi connectivity index (χ0n) is 10.5. The van der Waals surface area contributed by atoms with Crippen LogP contribution in [0.4, 0.5) is 0 Å². The number of benzene rings is 1. The number of aliphatic carboxylic acids is 1. The molecule has 0 radical (unpaired) electrons. The SMILES string of the molecule is Cc1ccc(-c2cnc(CC(C)C(=O)O)[nH]2)cc1. The first kappa shape index (κ1) is 12.4. The van der Waals surface area contributed by atoms with E-state index in [0.29, 0.717) is 12.2 Å². The van der Waals surface area contributed by atoms with Crippen molar-refractivity contribution in [3.8, 4) is 11.3 Å². The number of aryl methyl sites for hydroxylation is 1. The Hall–Kier alpha value is -2.10. The van der Waals surface area contributed by atoms with Gasteiger partial charge in [0.1, 0.15) is 5.82 Å². The number of nitrogens with zero attached hydrogens (tertiary/aromatic N) is 1. The first-order valence-electron chi connectivity index (χ1n) is 5.90. The van der Waals surface area contributed by atoms with E-state index in [9.17, 15) is 4.79 Å². The first-order valence-corrected chi connectivity index (χ1v) is 5.90. The minimum atomic E-state index is -0.803. The molecule has 1 unspecified atom stereocenters. The smallest absolute Gasteiger partial charge is 0.306 e. The van der Waals surface area contributed by atoms with Crippen molar-refractivity contribution in [1.82, 2.24) is 9.97 Å². The molecule has 0 fully saturated rings. The molecule has 0 aliphatic carbocycles. The molecular formula is C14H16N2O2. The molecule has 0 spiro atoms. The van der Waals surface area contributed by atoms with E-state index in [1.807, 2.05) is 31.2 Å². The Balaban J connectivity index is 2.15. The van der Waals surface area contributed by atoms with Crippen molar-refractivity contribution >= 4 is 5.97 Å². The fourth-order valence-electron chi connectivity index (χ4n) is 1.72. The fraction of sp³-hybridized carbons (Fsp3) is 0.286. The molecule has 0 saturated carbocycles. The maximum absolute atomic E-state index is 10.8. The van der Waals surface area contributed by atoms with Gasteiger partial charge in [-0.15, -0.1) is 0 Å². The summed E-state index contributed by atoms with van der Waals surface area (Å²) in [5, 5.41) is 8.86. The molecule has 0 saturated heterocycles. The summed E-state index contributed by atoms with van der Waals surface area (Å²) in [7, 11) is 0. The molecule has 0 bridgehead atoms. The molecule has 18 heavy (non-hydrogen) atoms. The second-order valence-corrected chi connectivity index (χ2v) is 4.55. The van der Waals surface area contributed by atoms with Crippen LogP contribution in [0.5, 0.6) is 0 Å². The van der Waals surface area contributed by atoms with E-state index in [4.69, 9.17) is 5.11 Å². The highest BCUT2D eigenvalue weighted by Crippen LogP contribution is 2.18.